The van der Waals surface area contributed by atoms with E-state index in [2.05, 4.69) is 5.32 Å². The van der Waals surface area contributed by atoms with Crippen molar-refractivity contribution >= 4 is 29.4 Å². The van der Waals surface area contributed by atoms with Crippen LogP contribution in [0.2, 0.25) is 0 Å². The van der Waals surface area contributed by atoms with Crippen molar-refractivity contribution in [1.29, 1.82) is 0 Å². The minimum absolute atomic E-state index is 0.362. The average Bonchev–Trinajstić information content (AvgIpc) is 3.02. The number of anilines is 1. The number of allylic oxidation sites excluding steroid dienone is 2. The molecule has 1 aromatic rings. The highest BCUT2D eigenvalue weighted by Gasteiger charge is 2.50. The number of carbonyl (C=O) groups excluding carboxylic acids is 4. The van der Waals surface area contributed by atoms with Crippen molar-refractivity contribution in [1.82, 2.24) is 4.90 Å². The number of rotatable bonds is 5. The largest absolute Gasteiger partial charge is 0.486 e. The van der Waals surface area contributed by atoms with Crippen molar-refractivity contribution < 1.29 is 33.4 Å². The van der Waals surface area contributed by atoms with E-state index in [1.807, 2.05) is 12.2 Å². The van der Waals surface area contributed by atoms with Crippen molar-refractivity contribution in [2.45, 2.75) is 25.8 Å². The maximum atomic E-state index is 12.6. The third kappa shape index (κ3) is 3.74. The first kappa shape index (κ1) is 19.9. The van der Waals surface area contributed by atoms with Gasteiger partial charge in [0.15, 0.2) is 18.1 Å². The molecule has 0 unspecified atom stereocenters. The van der Waals surface area contributed by atoms with Gasteiger partial charge in [0, 0.05) is 11.8 Å². The lowest BCUT2D eigenvalue weighted by Gasteiger charge is -2.21. The van der Waals surface area contributed by atoms with Gasteiger partial charge in [0.05, 0.1) is 11.8 Å². The van der Waals surface area contributed by atoms with E-state index in [-0.39, 0.29) is 11.8 Å². The van der Waals surface area contributed by atoms with Gasteiger partial charge in [0.25, 0.3) is 5.91 Å². The second-order valence-electron chi connectivity index (χ2n) is 7.39. The molecule has 9 heteroatoms. The summed E-state index contributed by atoms with van der Waals surface area (Å²) in [6.07, 6.45) is 4.74. The van der Waals surface area contributed by atoms with E-state index >= 15 is 0 Å². The molecule has 0 saturated carbocycles. The van der Waals surface area contributed by atoms with Crippen LogP contribution in [0.1, 0.15) is 19.8 Å². The Morgan fingerprint density at radius 2 is 1.73 bits per heavy atom. The lowest BCUT2D eigenvalue weighted by atomic mass is 9.85. The van der Waals surface area contributed by atoms with E-state index in [4.69, 9.17) is 14.2 Å². The Hall–Kier alpha value is -3.36. The number of imide groups is 1. The molecule has 0 aromatic heterocycles. The third-order valence-electron chi connectivity index (χ3n) is 5.44. The first-order valence-electron chi connectivity index (χ1n) is 9.83. The summed E-state index contributed by atoms with van der Waals surface area (Å²) in [6.45, 7) is 1.78. The minimum Gasteiger partial charge on any atom is -0.486 e. The predicted octanol–water partition coefficient (Wildman–Crippen LogP) is 1.28. The van der Waals surface area contributed by atoms with Gasteiger partial charge < -0.3 is 19.5 Å². The van der Waals surface area contributed by atoms with Gasteiger partial charge in [-0.15, -0.1) is 0 Å². The maximum Gasteiger partial charge on any atom is 0.329 e. The third-order valence-corrected chi connectivity index (χ3v) is 5.44. The van der Waals surface area contributed by atoms with Gasteiger partial charge in [-0.25, -0.2) is 4.79 Å². The smallest absolute Gasteiger partial charge is 0.329 e. The maximum absolute atomic E-state index is 12.6. The Bertz CT molecular complexity index is 900. The number of benzene rings is 1. The molecule has 30 heavy (non-hydrogen) atoms. The van der Waals surface area contributed by atoms with E-state index in [1.54, 1.807) is 18.2 Å². The normalized spacial score (nSPS) is 23.0. The van der Waals surface area contributed by atoms with E-state index in [1.165, 1.54) is 6.92 Å². The molecule has 3 amide bonds. The van der Waals surface area contributed by atoms with Gasteiger partial charge in [0.2, 0.25) is 11.8 Å². The summed E-state index contributed by atoms with van der Waals surface area (Å²) in [5.41, 5.74) is 0.467. The minimum atomic E-state index is -1.09. The number of hydrogen-bond acceptors (Lipinski definition) is 7. The quantitative estimate of drug-likeness (QED) is 0.439. The van der Waals surface area contributed by atoms with Crippen LogP contribution in [0, 0.1) is 11.8 Å². The number of likely N-dealkylation sites (tertiary alicyclic amines) is 1. The highest BCUT2D eigenvalue weighted by atomic mass is 16.6. The van der Waals surface area contributed by atoms with E-state index < -0.39 is 36.4 Å². The van der Waals surface area contributed by atoms with Crippen LogP contribution in [0.3, 0.4) is 0 Å². The molecule has 0 bridgehead atoms. The summed E-state index contributed by atoms with van der Waals surface area (Å²) in [7, 11) is 0. The average molecular weight is 414 g/mol. The lowest BCUT2D eigenvalue weighted by Crippen LogP contribution is -2.45. The van der Waals surface area contributed by atoms with Gasteiger partial charge in [0.1, 0.15) is 19.3 Å². The van der Waals surface area contributed by atoms with Crippen LogP contribution in [0.15, 0.2) is 30.4 Å². The molecule has 9 nitrogen and oxygen atoms in total. The van der Waals surface area contributed by atoms with Crippen LogP contribution in [-0.4, -0.2) is 54.5 Å². The summed E-state index contributed by atoms with van der Waals surface area (Å²) in [4.78, 5) is 50.6. The molecule has 3 atom stereocenters. The van der Waals surface area contributed by atoms with Gasteiger partial charge >= 0.3 is 5.97 Å². The summed E-state index contributed by atoms with van der Waals surface area (Å²) in [5.74, 6) is -1.81. The molecular weight excluding hydrogens is 392 g/mol. The molecular formula is C21H22N2O7. The highest BCUT2D eigenvalue weighted by Crippen LogP contribution is 2.36. The second-order valence-corrected chi connectivity index (χ2v) is 7.39. The fraction of sp³-hybridized carbons (Fsp3) is 0.429. The molecule has 4 rings (SSSR count). The van der Waals surface area contributed by atoms with Gasteiger partial charge in [-0.05, 0) is 31.9 Å². The zero-order chi connectivity index (χ0) is 21.3. The Kier molecular flexibility index (Phi) is 5.43. The summed E-state index contributed by atoms with van der Waals surface area (Å²) in [5, 5.41) is 2.61. The molecule has 0 spiro atoms. The summed E-state index contributed by atoms with van der Waals surface area (Å²) >= 11 is 0. The van der Waals surface area contributed by atoms with Crippen molar-refractivity contribution in [3.8, 4) is 11.5 Å². The Morgan fingerprint density at radius 3 is 2.40 bits per heavy atom. The fourth-order valence-corrected chi connectivity index (χ4v) is 3.89. The van der Waals surface area contributed by atoms with E-state index in [0.717, 1.165) is 4.90 Å². The number of amides is 3. The number of fused-ring (bicyclic) bond motifs is 2. The molecule has 1 aromatic carbocycles. The number of ether oxygens (including phenoxy) is 3. The van der Waals surface area contributed by atoms with Crippen LogP contribution >= 0.6 is 0 Å². The van der Waals surface area contributed by atoms with Crippen molar-refractivity contribution in [3.63, 3.8) is 0 Å². The van der Waals surface area contributed by atoms with Gasteiger partial charge in [-0.3, -0.25) is 19.3 Å². The number of esters is 1. The van der Waals surface area contributed by atoms with Crippen LogP contribution in [0.25, 0.3) is 0 Å². The first-order valence-corrected chi connectivity index (χ1v) is 9.83. The van der Waals surface area contributed by atoms with Crippen LogP contribution in [0.5, 0.6) is 11.5 Å². The number of hydrogen-bond donors (Lipinski definition) is 1. The number of carbonyl (C=O) groups is 4. The molecule has 3 aliphatic rings. The van der Waals surface area contributed by atoms with E-state index in [0.29, 0.717) is 43.2 Å². The predicted molar refractivity (Wildman–Crippen MR) is 104 cm³/mol. The molecule has 158 valence electrons. The summed E-state index contributed by atoms with van der Waals surface area (Å²) in [6, 6.07) is 3.86. The molecule has 1 saturated heterocycles. The van der Waals surface area contributed by atoms with Crippen LogP contribution in [0.4, 0.5) is 5.69 Å². The van der Waals surface area contributed by atoms with Gasteiger partial charge in [-0.2, -0.15) is 0 Å². The zero-order valence-electron chi connectivity index (χ0n) is 16.5. The molecule has 1 aliphatic carbocycles. The highest BCUT2D eigenvalue weighted by molar-refractivity contribution is 6.08. The zero-order valence-corrected chi connectivity index (χ0v) is 16.5. The molecule has 1 fully saturated rings. The fourth-order valence-electron chi connectivity index (χ4n) is 3.89. The standard InChI is InChI=1S/C21H22N2O7/c1-12(23-19(25)14-4-2-3-5-15(14)20(23)26)21(27)30-11-18(24)22-13-6-7-16-17(10-13)29-9-8-28-16/h2-3,6-7,10,12,14-15H,4-5,8-9,11H2,1H3,(H,22,24)/t12-,14+,15+/m0/s1. The molecule has 2 aliphatic heterocycles. The van der Waals surface area contributed by atoms with Gasteiger partial charge in [-0.1, -0.05) is 12.2 Å². The van der Waals surface area contributed by atoms with E-state index in [9.17, 15) is 19.2 Å². The molecule has 2 heterocycles. The Morgan fingerprint density at radius 1 is 1.10 bits per heavy atom. The SMILES string of the molecule is C[C@@H](C(=O)OCC(=O)Nc1ccc2c(c1)OCCO2)N1C(=O)[C@@H]2CC=CC[C@H]2C1=O. The molecule has 0 radical (unpaired) electrons. The number of nitrogens with zero attached hydrogens (tertiary/aromatic N) is 1. The van der Waals surface area contributed by atoms with Crippen molar-refractivity contribution in [2.24, 2.45) is 11.8 Å². The van der Waals surface area contributed by atoms with Crippen molar-refractivity contribution in [3.05, 3.63) is 30.4 Å². The topological polar surface area (TPSA) is 111 Å². The van der Waals surface area contributed by atoms with Crippen molar-refractivity contribution in [2.75, 3.05) is 25.1 Å². The second kappa shape index (κ2) is 8.17. The van der Waals surface area contributed by atoms with Crippen LogP contribution < -0.4 is 14.8 Å². The molecule has 1 N–H and O–H groups in total. The monoisotopic (exact) mass is 414 g/mol. The number of nitrogens with one attached hydrogen (secondary N) is 1. The summed E-state index contributed by atoms with van der Waals surface area (Å²) < 4.78 is 15.9. The Balaban J connectivity index is 1.31. The van der Waals surface area contributed by atoms with Crippen LogP contribution in [-0.2, 0) is 23.9 Å². The lowest BCUT2D eigenvalue weighted by molar-refractivity contribution is -0.159. The first-order chi connectivity index (χ1) is 14.5. The Labute approximate surface area is 172 Å².